The van der Waals surface area contributed by atoms with Crippen LogP contribution >= 0.6 is 39.9 Å². The Bertz CT molecular complexity index is 465. The topological polar surface area (TPSA) is 15.3 Å². The van der Waals surface area contributed by atoms with Crippen LogP contribution in [0.4, 0.5) is 5.69 Å². The van der Waals surface area contributed by atoms with Gasteiger partial charge in [-0.3, -0.25) is 0 Å². The van der Waals surface area contributed by atoms with Gasteiger partial charge in [-0.1, -0.05) is 35.8 Å². The van der Waals surface area contributed by atoms with Crippen LogP contribution < -0.4 is 5.32 Å². The Morgan fingerprint density at radius 2 is 2.26 bits per heavy atom. The van der Waals surface area contributed by atoms with E-state index < -0.39 is 0 Å². The van der Waals surface area contributed by atoms with Crippen molar-refractivity contribution in [2.45, 2.75) is 32.2 Å². The molecule has 2 rings (SSSR count). The van der Waals surface area contributed by atoms with Gasteiger partial charge in [0.05, 0.1) is 5.37 Å². The molecule has 2 atom stereocenters. The van der Waals surface area contributed by atoms with Crippen LogP contribution in [-0.4, -0.2) is 27.2 Å². The van der Waals surface area contributed by atoms with Crippen molar-refractivity contribution >= 4 is 50.7 Å². The van der Waals surface area contributed by atoms with E-state index in [1.165, 1.54) is 0 Å². The van der Waals surface area contributed by atoms with Crippen molar-refractivity contribution in [1.82, 2.24) is 4.90 Å². The predicted octanol–water partition coefficient (Wildman–Crippen LogP) is 4.57. The minimum Gasteiger partial charge on any atom is -0.333 e. The van der Waals surface area contributed by atoms with Gasteiger partial charge in [0.25, 0.3) is 0 Å². The molecule has 1 N–H and O–H groups in total. The Morgan fingerprint density at radius 3 is 2.89 bits per heavy atom. The van der Waals surface area contributed by atoms with Gasteiger partial charge in [-0.2, -0.15) is 0 Å². The second-order valence-electron chi connectivity index (χ2n) is 5.09. The van der Waals surface area contributed by atoms with E-state index in [-0.39, 0.29) is 0 Å². The maximum atomic E-state index is 5.60. The summed E-state index contributed by atoms with van der Waals surface area (Å²) in [4.78, 5) is 2.34. The molecular weight excluding hydrogens is 340 g/mol. The smallest absolute Gasteiger partial charge is 0.174 e. The number of thiocarbonyl (C=S) groups is 1. The zero-order chi connectivity index (χ0) is 14.0. The highest BCUT2D eigenvalue weighted by molar-refractivity contribution is 9.10. The van der Waals surface area contributed by atoms with E-state index in [1.54, 1.807) is 0 Å². The first-order valence-corrected chi connectivity index (χ1v) is 8.70. The Morgan fingerprint density at radius 1 is 1.53 bits per heavy atom. The highest BCUT2D eigenvalue weighted by Crippen LogP contribution is 2.33. The maximum Gasteiger partial charge on any atom is 0.174 e. The first-order valence-electron chi connectivity index (χ1n) is 6.45. The molecule has 0 aromatic heterocycles. The average molecular weight is 359 g/mol. The first-order chi connectivity index (χ1) is 8.99. The minimum absolute atomic E-state index is 0.444. The molecule has 2 nitrogen and oxygen atoms in total. The van der Waals surface area contributed by atoms with Crippen molar-refractivity contribution in [2.75, 3.05) is 11.1 Å². The first kappa shape index (κ1) is 15.1. The molecule has 0 aliphatic carbocycles. The maximum absolute atomic E-state index is 5.60. The van der Waals surface area contributed by atoms with Crippen LogP contribution in [0.2, 0.25) is 0 Å². The molecule has 1 heterocycles. The van der Waals surface area contributed by atoms with E-state index in [0.29, 0.717) is 17.3 Å². The van der Waals surface area contributed by atoms with Gasteiger partial charge in [-0.05, 0) is 43.3 Å². The zero-order valence-corrected chi connectivity index (χ0v) is 14.6. The van der Waals surface area contributed by atoms with Gasteiger partial charge in [-0.15, -0.1) is 11.8 Å². The molecule has 0 radical (unpaired) electrons. The van der Waals surface area contributed by atoms with Crippen molar-refractivity contribution in [3.8, 4) is 0 Å². The Kier molecular flexibility index (Phi) is 5.15. The molecule has 0 spiro atoms. The summed E-state index contributed by atoms with van der Waals surface area (Å²) in [6, 6.07) is 8.63. The third kappa shape index (κ3) is 3.64. The van der Waals surface area contributed by atoms with Gasteiger partial charge in [0.1, 0.15) is 0 Å². The summed E-state index contributed by atoms with van der Waals surface area (Å²) in [5.41, 5.74) is 1.03. The number of thioether (sulfide) groups is 1. The number of halogens is 1. The van der Waals surface area contributed by atoms with Crippen molar-refractivity contribution in [3.63, 3.8) is 0 Å². The summed E-state index contributed by atoms with van der Waals surface area (Å²) in [6.45, 7) is 6.75. The number of rotatable bonds is 2. The molecule has 0 saturated carbocycles. The predicted molar refractivity (Wildman–Crippen MR) is 92.7 cm³/mol. The van der Waals surface area contributed by atoms with E-state index in [1.807, 2.05) is 36.0 Å². The van der Waals surface area contributed by atoms with Crippen LogP contribution in [0, 0.1) is 5.92 Å². The molecule has 1 aromatic carbocycles. The lowest BCUT2D eigenvalue weighted by atomic mass is 10.1. The average Bonchev–Trinajstić information content (AvgIpc) is 2.71. The molecule has 1 saturated heterocycles. The SMILES string of the molecule is CC(C)C1CSC(C)N1C(=S)Nc1cccc(Br)c1. The van der Waals surface area contributed by atoms with Crippen LogP contribution in [0.1, 0.15) is 20.8 Å². The van der Waals surface area contributed by atoms with Crippen molar-refractivity contribution < 1.29 is 0 Å². The molecule has 0 bridgehead atoms. The Labute approximate surface area is 133 Å². The third-order valence-corrected chi connectivity index (χ3v) is 5.39. The lowest BCUT2D eigenvalue weighted by Crippen LogP contribution is -2.45. The standard InChI is InChI=1S/C14H19BrN2S2/c1-9(2)13-8-19-10(3)17(13)14(18)16-12-6-4-5-11(15)7-12/h4-7,9-10,13H,8H2,1-3H3,(H,16,18). The summed E-state index contributed by atoms with van der Waals surface area (Å²) < 4.78 is 1.06. The monoisotopic (exact) mass is 358 g/mol. The molecule has 1 fully saturated rings. The third-order valence-electron chi connectivity index (χ3n) is 3.34. The molecule has 1 aliphatic rings. The van der Waals surface area contributed by atoms with Gasteiger partial charge in [0.15, 0.2) is 5.11 Å². The van der Waals surface area contributed by atoms with E-state index in [2.05, 4.69) is 46.9 Å². The molecule has 1 aliphatic heterocycles. The number of benzene rings is 1. The number of nitrogens with one attached hydrogen (secondary N) is 1. The van der Waals surface area contributed by atoms with Crippen molar-refractivity contribution in [1.29, 1.82) is 0 Å². The normalized spacial score (nSPS) is 22.9. The summed E-state index contributed by atoms with van der Waals surface area (Å²) in [5.74, 6) is 1.76. The molecule has 5 heteroatoms. The number of hydrogen-bond acceptors (Lipinski definition) is 2. The second-order valence-corrected chi connectivity index (χ2v) is 7.74. The summed E-state index contributed by atoms with van der Waals surface area (Å²) in [7, 11) is 0. The van der Waals surface area contributed by atoms with Gasteiger partial charge in [-0.25, -0.2) is 0 Å². The van der Waals surface area contributed by atoms with Gasteiger partial charge >= 0.3 is 0 Å². The molecule has 19 heavy (non-hydrogen) atoms. The van der Waals surface area contributed by atoms with E-state index in [4.69, 9.17) is 12.2 Å². The lowest BCUT2D eigenvalue weighted by molar-refractivity contribution is 0.288. The highest BCUT2D eigenvalue weighted by atomic mass is 79.9. The zero-order valence-electron chi connectivity index (χ0n) is 11.4. The van der Waals surface area contributed by atoms with Crippen LogP contribution in [0.15, 0.2) is 28.7 Å². The van der Waals surface area contributed by atoms with Crippen LogP contribution in [-0.2, 0) is 0 Å². The van der Waals surface area contributed by atoms with E-state index in [0.717, 1.165) is 21.0 Å². The van der Waals surface area contributed by atoms with Crippen LogP contribution in [0.25, 0.3) is 0 Å². The quantitative estimate of drug-likeness (QED) is 0.778. The van der Waals surface area contributed by atoms with Crippen LogP contribution in [0.5, 0.6) is 0 Å². The fraction of sp³-hybridized carbons (Fsp3) is 0.500. The highest BCUT2D eigenvalue weighted by Gasteiger charge is 2.34. The van der Waals surface area contributed by atoms with E-state index in [9.17, 15) is 0 Å². The minimum atomic E-state index is 0.444. The van der Waals surface area contributed by atoms with Gasteiger partial charge in [0.2, 0.25) is 0 Å². The lowest BCUT2D eigenvalue weighted by Gasteiger charge is -2.32. The molecular formula is C14H19BrN2S2. The molecule has 0 amide bonds. The molecule has 2 unspecified atom stereocenters. The van der Waals surface area contributed by atoms with Crippen molar-refractivity contribution in [3.05, 3.63) is 28.7 Å². The number of hydrogen-bond donors (Lipinski definition) is 1. The van der Waals surface area contributed by atoms with E-state index >= 15 is 0 Å². The summed E-state index contributed by atoms with van der Waals surface area (Å²) in [5, 5.41) is 4.63. The number of anilines is 1. The molecule has 1 aromatic rings. The fourth-order valence-corrected chi connectivity index (χ4v) is 4.57. The fourth-order valence-electron chi connectivity index (χ4n) is 2.25. The van der Waals surface area contributed by atoms with Crippen LogP contribution in [0.3, 0.4) is 0 Å². The van der Waals surface area contributed by atoms with Gasteiger partial charge < -0.3 is 10.2 Å². The Hall–Kier alpha value is -0.260. The summed E-state index contributed by atoms with van der Waals surface area (Å²) in [6.07, 6.45) is 0. The summed E-state index contributed by atoms with van der Waals surface area (Å²) >= 11 is 11.1. The van der Waals surface area contributed by atoms with Crippen molar-refractivity contribution in [2.24, 2.45) is 5.92 Å². The Balaban J connectivity index is 2.10. The number of nitrogens with zero attached hydrogens (tertiary/aromatic N) is 1. The second kappa shape index (κ2) is 6.46. The molecule has 104 valence electrons. The largest absolute Gasteiger partial charge is 0.333 e. The van der Waals surface area contributed by atoms with Gasteiger partial charge in [0, 0.05) is 22.0 Å².